The lowest BCUT2D eigenvalue weighted by Crippen LogP contribution is -2.20. The maximum absolute atomic E-state index is 8.88. The summed E-state index contributed by atoms with van der Waals surface area (Å²) >= 11 is 0. The molecule has 0 saturated heterocycles. The van der Waals surface area contributed by atoms with Crippen molar-refractivity contribution in [3.05, 3.63) is 65.5 Å². The summed E-state index contributed by atoms with van der Waals surface area (Å²) in [7, 11) is 2.09. The van der Waals surface area contributed by atoms with Crippen molar-refractivity contribution in [2.75, 3.05) is 13.6 Å². The van der Waals surface area contributed by atoms with E-state index in [4.69, 9.17) is 5.26 Å². The Labute approximate surface area is 114 Å². The van der Waals surface area contributed by atoms with E-state index in [1.54, 1.807) is 6.20 Å². The van der Waals surface area contributed by atoms with E-state index >= 15 is 0 Å². The van der Waals surface area contributed by atoms with Crippen LogP contribution in [0, 0.1) is 11.3 Å². The van der Waals surface area contributed by atoms with Gasteiger partial charge in [0.05, 0.1) is 11.6 Å². The Morgan fingerprint density at radius 3 is 2.79 bits per heavy atom. The van der Waals surface area contributed by atoms with Crippen molar-refractivity contribution in [1.82, 2.24) is 9.88 Å². The highest BCUT2D eigenvalue weighted by molar-refractivity contribution is 5.32. The van der Waals surface area contributed by atoms with Crippen molar-refractivity contribution in [1.29, 1.82) is 5.26 Å². The van der Waals surface area contributed by atoms with E-state index in [-0.39, 0.29) is 0 Å². The summed E-state index contributed by atoms with van der Waals surface area (Å²) in [6, 6.07) is 14.0. The van der Waals surface area contributed by atoms with Gasteiger partial charge in [-0.25, -0.2) is 0 Å². The van der Waals surface area contributed by atoms with Gasteiger partial charge in [0, 0.05) is 25.5 Å². The molecule has 1 aromatic heterocycles. The Balaban J connectivity index is 1.87. The second kappa shape index (κ2) is 6.67. The molecule has 96 valence electrons. The molecule has 2 rings (SSSR count). The fourth-order valence-corrected chi connectivity index (χ4v) is 2.00. The van der Waals surface area contributed by atoms with Crippen molar-refractivity contribution in [3.63, 3.8) is 0 Å². The first-order chi connectivity index (χ1) is 9.28. The molecule has 1 heterocycles. The van der Waals surface area contributed by atoms with Gasteiger partial charge in [-0.05, 0) is 42.8 Å². The van der Waals surface area contributed by atoms with Crippen LogP contribution in [0.3, 0.4) is 0 Å². The van der Waals surface area contributed by atoms with Gasteiger partial charge in [-0.15, -0.1) is 0 Å². The van der Waals surface area contributed by atoms with Crippen LogP contribution in [-0.2, 0) is 13.0 Å². The zero-order valence-electron chi connectivity index (χ0n) is 11.1. The number of nitriles is 1. The van der Waals surface area contributed by atoms with E-state index in [9.17, 15) is 0 Å². The number of aromatic nitrogens is 1. The molecule has 0 N–H and O–H groups in total. The van der Waals surface area contributed by atoms with Gasteiger partial charge < -0.3 is 4.90 Å². The molecule has 0 amide bonds. The third-order valence-corrected chi connectivity index (χ3v) is 3.01. The Morgan fingerprint density at radius 2 is 2.05 bits per heavy atom. The van der Waals surface area contributed by atoms with Crippen LogP contribution < -0.4 is 0 Å². The standard InChI is InChI=1S/C16H17N3/c1-19(9-7-14-6-3-8-18-12-14)13-16-5-2-4-15(10-16)11-17/h2-6,8,10,12H,7,9,13H2,1H3. The van der Waals surface area contributed by atoms with Crippen LogP contribution in [0.4, 0.5) is 0 Å². The van der Waals surface area contributed by atoms with Gasteiger partial charge in [0.1, 0.15) is 0 Å². The Morgan fingerprint density at radius 1 is 1.21 bits per heavy atom. The number of likely N-dealkylation sites (N-methyl/N-ethyl adjacent to an activating group) is 1. The molecule has 0 aliphatic heterocycles. The molecule has 19 heavy (non-hydrogen) atoms. The Hall–Kier alpha value is -2.18. The zero-order valence-corrected chi connectivity index (χ0v) is 11.1. The number of pyridine rings is 1. The zero-order chi connectivity index (χ0) is 13.5. The van der Waals surface area contributed by atoms with Crippen LogP contribution >= 0.6 is 0 Å². The SMILES string of the molecule is CN(CCc1cccnc1)Cc1cccc(C#N)c1. The highest BCUT2D eigenvalue weighted by Gasteiger charge is 2.02. The second-order valence-electron chi connectivity index (χ2n) is 4.66. The molecule has 0 fully saturated rings. The molecule has 0 spiro atoms. The number of hydrogen-bond acceptors (Lipinski definition) is 3. The topological polar surface area (TPSA) is 39.9 Å². The number of hydrogen-bond donors (Lipinski definition) is 0. The Kier molecular flexibility index (Phi) is 4.66. The number of nitrogens with zero attached hydrogens (tertiary/aromatic N) is 3. The predicted octanol–water partition coefficient (Wildman–Crippen LogP) is 2.63. The van der Waals surface area contributed by atoms with Crippen LogP contribution in [0.2, 0.25) is 0 Å². The largest absolute Gasteiger partial charge is 0.302 e. The van der Waals surface area contributed by atoms with Gasteiger partial charge in [0.15, 0.2) is 0 Å². The maximum atomic E-state index is 8.88. The molecule has 3 heteroatoms. The first kappa shape index (κ1) is 13.3. The van der Waals surface area contributed by atoms with Crippen molar-refractivity contribution < 1.29 is 0 Å². The molecule has 0 saturated carbocycles. The van der Waals surface area contributed by atoms with Crippen LogP contribution in [0.15, 0.2) is 48.8 Å². The summed E-state index contributed by atoms with van der Waals surface area (Å²) in [6.07, 6.45) is 4.69. The molecule has 3 nitrogen and oxygen atoms in total. The fourth-order valence-electron chi connectivity index (χ4n) is 2.00. The minimum absolute atomic E-state index is 0.721. The molecule has 0 aliphatic rings. The minimum Gasteiger partial charge on any atom is -0.302 e. The van der Waals surface area contributed by atoms with Crippen molar-refractivity contribution in [3.8, 4) is 6.07 Å². The molecule has 2 aromatic rings. The van der Waals surface area contributed by atoms with E-state index in [1.807, 2.05) is 30.5 Å². The molecular formula is C16H17N3. The Bertz CT molecular complexity index is 558. The molecule has 0 radical (unpaired) electrons. The summed E-state index contributed by atoms with van der Waals surface area (Å²) in [5.41, 5.74) is 3.14. The lowest BCUT2D eigenvalue weighted by atomic mass is 10.1. The average Bonchev–Trinajstić information content (AvgIpc) is 2.46. The molecule has 0 atom stereocenters. The summed E-state index contributed by atoms with van der Waals surface area (Å²) in [6.45, 7) is 1.83. The van der Waals surface area contributed by atoms with E-state index in [0.717, 1.165) is 25.1 Å². The van der Waals surface area contributed by atoms with Crippen molar-refractivity contribution >= 4 is 0 Å². The summed E-state index contributed by atoms with van der Waals surface area (Å²) < 4.78 is 0. The third kappa shape index (κ3) is 4.20. The van der Waals surface area contributed by atoms with Crippen LogP contribution in [0.5, 0.6) is 0 Å². The number of rotatable bonds is 5. The van der Waals surface area contributed by atoms with Gasteiger partial charge in [-0.3, -0.25) is 4.98 Å². The third-order valence-electron chi connectivity index (χ3n) is 3.01. The normalized spacial score (nSPS) is 10.4. The highest BCUT2D eigenvalue weighted by atomic mass is 15.1. The first-order valence-corrected chi connectivity index (χ1v) is 6.34. The van der Waals surface area contributed by atoms with Gasteiger partial charge in [0.25, 0.3) is 0 Å². The van der Waals surface area contributed by atoms with Crippen molar-refractivity contribution in [2.24, 2.45) is 0 Å². The monoisotopic (exact) mass is 251 g/mol. The van der Waals surface area contributed by atoms with Crippen LogP contribution in [0.1, 0.15) is 16.7 Å². The van der Waals surface area contributed by atoms with Gasteiger partial charge >= 0.3 is 0 Å². The lowest BCUT2D eigenvalue weighted by molar-refractivity contribution is 0.331. The predicted molar refractivity (Wildman–Crippen MR) is 75.4 cm³/mol. The van der Waals surface area contributed by atoms with E-state index in [2.05, 4.69) is 35.1 Å². The molecule has 0 aliphatic carbocycles. The fraction of sp³-hybridized carbons (Fsp3) is 0.250. The average molecular weight is 251 g/mol. The van der Waals surface area contributed by atoms with Gasteiger partial charge in [-0.1, -0.05) is 18.2 Å². The van der Waals surface area contributed by atoms with Gasteiger partial charge in [-0.2, -0.15) is 5.26 Å². The number of benzene rings is 1. The van der Waals surface area contributed by atoms with Gasteiger partial charge in [0.2, 0.25) is 0 Å². The molecule has 0 unspecified atom stereocenters. The van der Waals surface area contributed by atoms with Crippen LogP contribution in [-0.4, -0.2) is 23.5 Å². The summed E-state index contributed by atoms with van der Waals surface area (Å²) in [5.74, 6) is 0. The first-order valence-electron chi connectivity index (χ1n) is 6.34. The molecular weight excluding hydrogens is 234 g/mol. The molecule has 1 aromatic carbocycles. The quantitative estimate of drug-likeness (QED) is 0.820. The summed E-state index contributed by atoms with van der Waals surface area (Å²) in [5, 5.41) is 8.88. The smallest absolute Gasteiger partial charge is 0.0991 e. The van der Waals surface area contributed by atoms with E-state index in [0.29, 0.717) is 0 Å². The lowest BCUT2D eigenvalue weighted by Gasteiger charge is -2.16. The second-order valence-corrected chi connectivity index (χ2v) is 4.66. The highest BCUT2D eigenvalue weighted by Crippen LogP contribution is 2.07. The summed E-state index contributed by atoms with van der Waals surface area (Å²) in [4.78, 5) is 6.37. The van der Waals surface area contributed by atoms with E-state index < -0.39 is 0 Å². The minimum atomic E-state index is 0.721. The maximum Gasteiger partial charge on any atom is 0.0991 e. The van der Waals surface area contributed by atoms with Crippen molar-refractivity contribution in [2.45, 2.75) is 13.0 Å². The molecule has 0 bridgehead atoms. The van der Waals surface area contributed by atoms with E-state index in [1.165, 1.54) is 11.1 Å². The van der Waals surface area contributed by atoms with Crippen LogP contribution in [0.25, 0.3) is 0 Å².